The summed E-state index contributed by atoms with van der Waals surface area (Å²) in [6.07, 6.45) is 2.35. The van der Waals surface area contributed by atoms with Crippen LogP contribution in [0.5, 0.6) is 0 Å². The van der Waals surface area contributed by atoms with Crippen molar-refractivity contribution >= 4 is 16.7 Å². The van der Waals surface area contributed by atoms with E-state index in [9.17, 15) is 17.8 Å². The first-order chi connectivity index (χ1) is 10.9. The first kappa shape index (κ1) is 18.0. The molecule has 0 aliphatic carbocycles. The summed E-state index contributed by atoms with van der Waals surface area (Å²) in [7, 11) is -1.52. The second kappa shape index (κ2) is 7.99. The molecule has 1 heterocycles. The van der Waals surface area contributed by atoms with Gasteiger partial charge in [-0.05, 0) is 31.2 Å². The van der Waals surface area contributed by atoms with Crippen molar-refractivity contribution in [2.24, 2.45) is 5.92 Å². The van der Waals surface area contributed by atoms with E-state index in [2.05, 4.69) is 6.92 Å². The van der Waals surface area contributed by atoms with Gasteiger partial charge in [0.2, 0.25) is 5.91 Å². The zero-order valence-corrected chi connectivity index (χ0v) is 14.4. The van der Waals surface area contributed by atoms with E-state index in [1.54, 1.807) is 11.8 Å². The normalized spacial score (nSPS) is 18.7. The Kier molecular flexibility index (Phi) is 6.27. The van der Waals surface area contributed by atoms with Crippen LogP contribution in [0.25, 0.3) is 0 Å². The minimum Gasteiger partial charge on any atom is -0.342 e. The highest BCUT2D eigenvalue weighted by Gasteiger charge is 2.26. The molecule has 0 saturated carbocycles. The SMILES string of the molecule is CCC(c1ccc(F)cc1F)S(=O)CC(=O)N1CCC(C)CC1. The maximum Gasteiger partial charge on any atom is 0.235 e. The van der Waals surface area contributed by atoms with Gasteiger partial charge in [-0.3, -0.25) is 9.00 Å². The monoisotopic (exact) mass is 343 g/mol. The Bertz CT molecular complexity index is 586. The fourth-order valence-corrected chi connectivity index (χ4v) is 4.35. The fraction of sp³-hybridized carbons (Fsp3) is 0.588. The van der Waals surface area contributed by atoms with Gasteiger partial charge >= 0.3 is 0 Å². The second-order valence-electron chi connectivity index (χ2n) is 6.15. The molecule has 1 fully saturated rings. The molecule has 6 heteroatoms. The second-order valence-corrected chi connectivity index (χ2v) is 7.77. The van der Waals surface area contributed by atoms with Crippen LogP contribution in [-0.4, -0.2) is 33.9 Å². The zero-order valence-electron chi connectivity index (χ0n) is 13.6. The summed E-state index contributed by atoms with van der Waals surface area (Å²) in [4.78, 5) is 14.0. The van der Waals surface area contributed by atoms with Crippen molar-refractivity contribution in [1.29, 1.82) is 0 Å². The van der Waals surface area contributed by atoms with Crippen LogP contribution in [0.3, 0.4) is 0 Å². The average molecular weight is 343 g/mol. The van der Waals surface area contributed by atoms with Crippen LogP contribution in [0.15, 0.2) is 18.2 Å². The van der Waals surface area contributed by atoms with Crippen molar-refractivity contribution in [3.63, 3.8) is 0 Å². The van der Waals surface area contributed by atoms with Crippen LogP contribution in [0.4, 0.5) is 8.78 Å². The van der Waals surface area contributed by atoms with Crippen LogP contribution in [0.2, 0.25) is 0 Å². The lowest BCUT2D eigenvalue weighted by Crippen LogP contribution is -2.40. The van der Waals surface area contributed by atoms with Gasteiger partial charge < -0.3 is 4.90 Å². The molecule has 0 bridgehead atoms. The summed E-state index contributed by atoms with van der Waals surface area (Å²) in [6, 6.07) is 3.28. The molecule has 1 amide bonds. The molecule has 2 rings (SSSR count). The topological polar surface area (TPSA) is 37.4 Å². The summed E-state index contributed by atoms with van der Waals surface area (Å²) < 4.78 is 39.5. The Morgan fingerprint density at radius 2 is 2.00 bits per heavy atom. The van der Waals surface area contributed by atoms with E-state index in [1.165, 1.54) is 6.07 Å². The molecular formula is C17H23F2NO2S. The molecule has 1 aliphatic rings. The van der Waals surface area contributed by atoms with Gasteiger partial charge in [0.1, 0.15) is 17.4 Å². The molecular weight excluding hydrogens is 320 g/mol. The highest BCUT2D eigenvalue weighted by Crippen LogP contribution is 2.27. The number of rotatable bonds is 5. The zero-order chi connectivity index (χ0) is 17.0. The van der Waals surface area contributed by atoms with E-state index in [4.69, 9.17) is 0 Å². The number of nitrogens with zero attached hydrogens (tertiary/aromatic N) is 1. The van der Waals surface area contributed by atoms with Gasteiger partial charge in [0.05, 0.1) is 5.25 Å². The minimum atomic E-state index is -1.52. The summed E-state index contributed by atoms with van der Waals surface area (Å²) in [5.74, 6) is -1.00. The van der Waals surface area contributed by atoms with Crippen LogP contribution in [0, 0.1) is 17.6 Å². The molecule has 0 N–H and O–H groups in total. The van der Waals surface area contributed by atoms with Crippen molar-refractivity contribution < 1.29 is 17.8 Å². The quantitative estimate of drug-likeness (QED) is 0.821. The molecule has 0 spiro atoms. The van der Waals surface area contributed by atoms with E-state index in [0.29, 0.717) is 25.4 Å². The highest BCUT2D eigenvalue weighted by atomic mass is 32.2. The van der Waals surface area contributed by atoms with Gasteiger partial charge in [-0.25, -0.2) is 8.78 Å². The molecule has 1 aliphatic heterocycles. The van der Waals surface area contributed by atoms with Gasteiger partial charge in [-0.15, -0.1) is 0 Å². The van der Waals surface area contributed by atoms with Crippen LogP contribution in [-0.2, 0) is 15.6 Å². The number of likely N-dealkylation sites (tertiary alicyclic amines) is 1. The number of piperidine rings is 1. The third-order valence-electron chi connectivity index (χ3n) is 4.40. The van der Waals surface area contributed by atoms with E-state index in [1.807, 2.05) is 0 Å². The maximum absolute atomic E-state index is 13.9. The Morgan fingerprint density at radius 3 is 2.57 bits per heavy atom. The summed E-state index contributed by atoms with van der Waals surface area (Å²) in [5.41, 5.74) is 0.215. The summed E-state index contributed by atoms with van der Waals surface area (Å²) >= 11 is 0. The summed E-state index contributed by atoms with van der Waals surface area (Å²) in [5, 5.41) is -0.594. The maximum atomic E-state index is 13.9. The number of amides is 1. The smallest absolute Gasteiger partial charge is 0.235 e. The predicted molar refractivity (Wildman–Crippen MR) is 87.4 cm³/mol. The van der Waals surface area contributed by atoms with E-state index in [-0.39, 0.29) is 17.2 Å². The van der Waals surface area contributed by atoms with E-state index >= 15 is 0 Å². The van der Waals surface area contributed by atoms with Crippen LogP contribution in [0.1, 0.15) is 43.9 Å². The molecule has 1 aromatic carbocycles. The van der Waals surface area contributed by atoms with Gasteiger partial charge in [-0.1, -0.05) is 19.9 Å². The molecule has 2 atom stereocenters. The Balaban J connectivity index is 2.03. The molecule has 23 heavy (non-hydrogen) atoms. The number of halogens is 2. The third kappa shape index (κ3) is 4.59. The molecule has 1 saturated heterocycles. The Hall–Kier alpha value is -1.30. The third-order valence-corrected chi connectivity index (χ3v) is 6.15. The number of benzene rings is 1. The Labute approximate surface area is 138 Å². The van der Waals surface area contributed by atoms with Crippen LogP contribution < -0.4 is 0 Å². The van der Waals surface area contributed by atoms with Crippen molar-refractivity contribution in [3.05, 3.63) is 35.4 Å². The first-order valence-corrected chi connectivity index (χ1v) is 9.40. The Morgan fingerprint density at radius 1 is 1.35 bits per heavy atom. The van der Waals surface area contributed by atoms with Crippen molar-refractivity contribution in [2.75, 3.05) is 18.8 Å². The molecule has 128 valence electrons. The largest absolute Gasteiger partial charge is 0.342 e. The number of carbonyl (C=O) groups is 1. The van der Waals surface area contributed by atoms with Crippen molar-refractivity contribution in [2.45, 2.75) is 38.4 Å². The predicted octanol–water partition coefficient (Wildman–Crippen LogP) is 3.42. The lowest BCUT2D eigenvalue weighted by molar-refractivity contribution is -0.129. The van der Waals surface area contributed by atoms with Gasteiger partial charge in [0.25, 0.3) is 0 Å². The van der Waals surface area contributed by atoms with Crippen molar-refractivity contribution in [3.8, 4) is 0 Å². The number of hydrogen-bond donors (Lipinski definition) is 0. The molecule has 0 radical (unpaired) electrons. The molecule has 1 aromatic rings. The molecule has 2 unspecified atom stereocenters. The standard InChI is InChI=1S/C17H23F2NO2S/c1-3-16(14-5-4-13(18)10-15(14)19)23(22)11-17(21)20-8-6-12(2)7-9-20/h4-5,10,12,16H,3,6-9,11H2,1-2H3. The average Bonchev–Trinajstić information content (AvgIpc) is 2.50. The van der Waals surface area contributed by atoms with Gasteiger partial charge in [0.15, 0.2) is 0 Å². The van der Waals surface area contributed by atoms with E-state index in [0.717, 1.165) is 25.0 Å². The van der Waals surface area contributed by atoms with Gasteiger partial charge in [0, 0.05) is 35.5 Å². The lowest BCUT2D eigenvalue weighted by Gasteiger charge is -2.30. The lowest BCUT2D eigenvalue weighted by atomic mass is 9.99. The van der Waals surface area contributed by atoms with Gasteiger partial charge in [-0.2, -0.15) is 0 Å². The number of hydrogen-bond acceptors (Lipinski definition) is 2. The highest BCUT2D eigenvalue weighted by molar-refractivity contribution is 7.86. The van der Waals surface area contributed by atoms with E-state index < -0.39 is 27.7 Å². The summed E-state index contributed by atoms with van der Waals surface area (Å²) in [6.45, 7) is 5.33. The fourth-order valence-electron chi connectivity index (χ4n) is 2.88. The van der Waals surface area contributed by atoms with Crippen LogP contribution >= 0.6 is 0 Å². The minimum absolute atomic E-state index is 0.107. The molecule has 0 aromatic heterocycles. The van der Waals surface area contributed by atoms with Crippen molar-refractivity contribution in [1.82, 2.24) is 4.90 Å². The first-order valence-electron chi connectivity index (χ1n) is 8.02. The molecule has 3 nitrogen and oxygen atoms in total. The number of carbonyl (C=O) groups excluding carboxylic acids is 1.